The number of aromatic hydroxyl groups is 2. The molecule has 1 aromatic carbocycles. The van der Waals surface area contributed by atoms with Crippen LogP contribution in [-0.2, 0) is 13.2 Å². The lowest BCUT2D eigenvalue weighted by Crippen LogP contribution is -2.11. The molecule has 0 aliphatic carbocycles. The van der Waals surface area contributed by atoms with Crippen LogP contribution in [0.3, 0.4) is 0 Å². The Hall–Kier alpha value is -3.70. The summed E-state index contributed by atoms with van der Waals surface area (Å²) in [6.07, 6.45) is -3.73. The van der Waals surface area contributed by atoms with Crippen molar-refractivity contribution in [1.82, 2.24) is 19.7 Å². The Balaban J connectivity index is 2.18. The Bertz CT molecular complexity index is 1050. The molecule has 2 aromatic heterocycles. The second kappa shape index (κ2) is 6.23. The van der Waals surface area contributed by atoms with Crippen LogP contribution in [0.4, 0.5) is 18.9 Å². The number of nitro groups is 1. The molecule has 0 spiro atoms. The molecule has 2 N–H and O–H groups in total. The van der Waals surface area contributed by atoms with E-state index in [2.05, 4.69) is 15.2 Å². The Kier molecular flexibility index (Phi) is 4.18. The molecule has 0 atom stereocenters. The summed E-state index contributed by atoms with van der Waals surface area (Å²) in [4.78, 5) is 13.4. The van der Waals surface area contributed by atoms with E-state index < -0.39 is 34.0 Å². The van der Waals surface area contributed by atoms with Crippen LogP contribution in [0.1, 0.15) is 5.69 Å². The Morgan fingerprint density at radius 2 is 1.85 bits per heavy atom. The van der Waals surface area contributed by atoms with E-state index in [1.54, 1.807) is 0 Å². The smallest absolute Gasteiger partial charge is 0.434 e. The zero-order valence-electron chi connectivity index (χ0n) is 13.5. The third-order valence-corrected chi connectivity index (χ3v) is 3.72. The summed E-state index contributed by atoms with van der Waals surface area (Å²) in [5, 5.41) is 37.7. The van der Waals surface area contributed by atoms with Crippen molar-refractivity contribution in [2.75, 3.05) is 0 Å². The average Bonchev–Trinajstić information content (AvgIpc) is 2.97. The number of alkyl halides is 3. The topological polar surface area (TPSA) is 127 Å². The van der Waals surface area contributed by atoms with Crippen molar-refractivity contribution in [2.45, 2.75) is 6.18 Å². The number of halogens is 3. The zero-order valence-corrected chi connectivity index (χ0v) is 13.5. The number of nitrogens with zero attached hydrogens (tertiary/aromatic N) is 5. The summed E-state index contributed by atoms with van der Waals surface area (Å²) in [6.45, 7) is 0. The molecular weight excluding hydrogens is 371 g/mol. The van der Waals surface area contributed by atoms with Crippen LogP contribution in [0, 0.1) is 10.1 Å². The Labute approximate surface area is 148 Å². The largest absolute Gasteiger partial charge is 0.504 e. The monoisotopic (exact) mass is 381 g/mol. The maximum Gasteiger partial charge on any atom is 0.434 e. The summed E-state index contributed by atoms with van der Waals surface area (Å²) in [5.41, 5.74) is -2.29. The van der Waals surface area contributed by atoms with Gasteiger partial charge >= 0.3 is 11.9 Å². The molecule has 0 amide bonds. The van der Waals surface area contributed by atoms with Crippen molar-refractivity contribution < 1.29 is 28.3 Å². The summed E-state index contributed by atoms with van der Waals surface area (Å²) < 4.78 is 40.7. The average molecular weight is 381 g/mol. The fourth-order valence-corrected chi connectivity index (χ4v) is 2.50. The van der Waals surface area contributed by atoms with Gasteiger partial charge in [0.05, 0.1) is 10.5 Å². The van der Waals surface area contributed by atoms with E-state index in [1.165, 1.54) is 23.7 Å². The number of benzene rings is 1. The van der Waals surface area contributed by atoms with E-state index in [-0.39, 0.29) is 22.8 Å². The number of aromatic nitrogens is 4. The highest BCUT2D eigenvalue weighted by molar-refractivity contribution is 5.70. The molecule has 3 aromatic rings. The molecule has 2 heterocycles. The zero-order chi connectivity index (χ0) is 19.9. The van der Waals surface area contributed by atoms with Gasteiger partial charge in [-0.1, -0.05) is 0 Å². The van der Waals surface area contributed by atoms with E-state index in [9.17, 15) is 33.5 Å². The molecule has 0 saturated heterocycles. The van der Waals surface area contributed by atoms with Gasteiger partial charge in [-0.25, -0.2) is 0 Å². The predicted octanol–water partition coefficient (Wildman–Crippen LogP) is 2.88. The summed E-state index contributed by atoms with van der Waals surface area (Å²) >= 11 is 0. The minimum Gasteiger partial charge on any atom is -0.504 e. The van der Waals surface area contributed by atoms with Crippen molar-refractivity contribution in [3.8, 4) is 34.3 Å². The van der Waals surface area contributed by atoms with Gasteiger partial charge < -0.3 is 14.8 Å². The van der Waals surface area contributed by atoms with Gasteiger partial charge in [-0.3, -0.25) is 15.1 Å². The number of hydrogen-bond donors (Lipinski definition) is 2. The van der Waals surface area contributed by atoms with Crippen LogP contribution in [0.15, 0.2) is 30.5 Å². The first-order valence-electron chi connectivity index (χ1n) is 7.24. The summed E-state index contributed by atoms with van der Waals surface area (Å²) in [5.74, 6) is -1.94. The van der Waals surface area contributed by atoms with Gasteiger partial charge in [0.2, 0.25) is 5.75 Å². The van der Waals surface area contributed by atoms with Gasteiger partial charge in [-0.05, 0) is 18.2 Å². The van der Waals surface area contributed by atoms with E-state index in [4.69, 9.17) is 0 Å². The lowest BCUT2D eigenvalue weighted by molar-refractivity contribution is -0.385. The number of pyridine rings is 1. The molecule has 3 rings (SSSR count). The number of phenols is 2. The highest BCUT2D eigenvalue weighted by atomic mass is 19.4. The third kappa shape index (κ3) is 3.12. The van der Waals surface area contributed by atoms with E-state index in [1.807, 2.05) is 0 Å². The normalized spacial score (nSPS) is 11.6. The van der Waals surface area contributed by atoms with Crippen LogP contribution in [0.25, 0.3) is 22.8 Å². The number of phenolic OH excluding ortho intramolecular Hbond substituents is 2. The number of rotatable bonds is 3. The van der Waals surface area contributed by atoms with Crippen LogP contribution < -0.4 is 0 Å². The quantitative estimate of drug-likeness (QED) is 0.406. The molecule has 0 aliphatic rings. The molecule has 0 radical (unpaired) electrons. The second-order valence-electron chi connectivity index (χ2n) is 5.42. The van der Waals surface area contributed by atoms with Gasteiger partial charge in [0.25, 0.3) is 0 Å². The fourth-order valence-electron chi connectivity index (χ4n) is 2.50. The standard InChI is InChI=1S/C15H10F3N5O4/c1-22-13(7-5-9(23(26)27)11(25)10(24)6-7)20-21-14(22)8-3-2-4-19-12(8)15(16,17)18/h2-6,24-25H,1H3. The van der Waals surface area contributed by atoms with Crippen LogP contribution >= 0.6 is 0 Å². The van der Waals surface area contributed by atoms with Gasteiger partial charge in [-0.2, -0.15) is 13.2 Å². The van der Waals surface area contributed by atoms with Crippen molar-refractivity contribution in [2.24, 2.45) is 7.05 Å². The maximum absolute atomic E-state index is 13.2. The molecule has 27 heavy (non-hydrogen) atoms. The Morgan fingerprint density at radius 1 is 1.19 bits per heavy atom. The highest BCUT2D eigenvalue weighted by Crippen LogP contribution is 2.40. The summed E-state index contributed by atoms with van der Waals surface area (Å²) in [7, 11) is 1.35. The molecule has 12 heteroatoms. The van der Waals surface area contributed by atoms with Crippen molar-refractivity contribution in [3.63, 3.8) is 0 Å². The Morgan fingerprint density at radius 3 is 2.48 bits per heavy atom. The van der Waals surface area contributed by atoms with E-state index in [0.717, 1.165) is 18.3 Å². The lowest BCUT2D eigenvalue weighted by Gasteiger charge is -2.11. The lowest BCUT2D eigenvalue weighted by atomic mass is 10.1. The van der Waals surface area contributed by atoms with Gasteiger partial charge in [0, 0.05) is 24.9 Å². The maximum atomic E-state index is 13.2. The molecule has 0 fully saturated rings. The number of nitro benzene ring substituents is 1. The first-order valence-corrected chi connectivity index (χ1v) is 7.24. The fraction of sp³-hybridized carbons (Fsp3) is 0.133. The van der Waals surface area contributed by atoms with Crippen LogP contribution in [0.5, 0.6) is 11.5 Å². The predicted molar refractivity (Wildman–Crippen MR) is 84.7 cm³/mol. The third-order valence-electron chi connectivity index (χ3n) is 3.72. The molecule has 0 unspecified atom stereocenters. The molecule has 0 saturated carbocycles. The van der Waals surface area contributed by atoms with Crippen molar-refractivity contribution >= 4 is 5.69 Å². The first-order chi connectivity index (χ1) is 12.6. The van der Waals surface area contributed by atoms with Crippen LogP contribution in [-0.4, -0.2) is 34.9 Å². The molecular formula is C15H10F3N5O4. The molecule has 140 valence electrons. The minimum atomic E-state index is -4.72. The molecule has 0 bridgehead atoms. The van der Waals surface area contributed by atoms with E-state index >= 15 is 0 Å². The highest BCUT2D eigenvalue weighted by Gasteiger charge is 2.36. The first kappa shape index (κ1) is 18.1. The second-order valence-corrected chi connectivity index (χ2v) is 5.42. The minimum absolute atomic E-state index is 0.0179. The van der Waals surface area contributed by atoms with Crippen LogP contribution in [0.2, 0.25) is 0 Å². The summed E-state index contributed by atoms with van der Waals surface area (Å²) in [6, 6.07) is 4.39. The van der Waals surface area contributed by atoms with Crippen molar-refractivity contribution in [1.29, 1.82) is 0 Å². The van der Waals surface area contributed by atoms with E-state index in [0.29, 0.717) is 0 Å². The van der Waals surface area contributed by atoms with Gasteiger partial charge in [0.1, 0.15) is 0 Å². The SMILES string of the molecule is Cn1c(-c2cc(O)c(O)c([N+](=O)[O-])c2)nnc1-c1cccnc1C(F)(F)F. The van der Waals surface area contributed by atoms with Crippen molar-refractivity contribution in [3.05, 3.63) is 46.3 Å². The molecule has 9 nitrogen and oxygen atoms in total. The van der Waals surface area contributed by atoms with Gasteiger partial charge in [-0.15, -0.1) is 10.2 Å². The number of hydrogen-bond acceptors (Lipinski definition) is 7. The van der Waals surface area contributed by atoms with Gasteiger partial charge in [0.15, 0.2) is 23.1 Å². The molecule has 0 aliphatic heterocycles.